The Bertz CT molecular complexity index is 139. The largest absolute Gasteiger partial charge is 0.387 e. The minimum atomic E-state index is 0.383. The Morgan fingerprint density at radius 2 is 1.92 bits per heavy atom. The second-order valence-electron chi connectivity index (χ2n) is 3.70. The highest BCUT2D eigenvalue weighted by atomic mass is 14.9. The molecule has 0 radical (unpaired) electrons. The van der Waals surface area contributed by atoms with Crippen LogP contribution in [-0.4, -0.2) is 11.9 Å². The molecule has 0 amide bonds. The molecule has 2 nitrogen and oxygen atoms in total. The van der Waals surface area contributed by atoms with E-state index in [2.05, 4.69) is 32.7 Å². The van der Waals surface area contributed by atoms with Crippen LogP contribution in [0.2, 0.25) is 0 Å². The number of rotatable bonds is 5. The average molecular weight is 170 g/mol. The first-order chi connectivity index (χ1) is 5.57. The van der Waals surface area contributed by atoms with E-state index in [0.29, 0.717) is 12.0 Å². The Hall–Kier alpha value is -0.530. The van der Waals surface area contributed by atoms with E-state index in [0.717, 1.165) is 12.3 Å². The minimum absolute atomic E-state index is 0.383. The Balaban J connectivity index is 3.79. The molecule has 0 spiro atoms. The third-order valence-corrected chi connectivity index (χ3v) is 1.94. The van der Waals surface area contributed by atoms with Gasteiger partial charge in [-0.3, -0.25) is 4.99 Å². The molecule has 2 N–H and O–H groups in total. The van der Waals surface area contributed by atoms with E-state index in [4.69, 9.17) is 5.73 Å². The van der Waals surface area contributed by atoms with Gasteiger partial charge in [0.05, 0.1) is 5.84 Å². The predicted molar refractivity (Wildman–Crippen MR) is 55.4 cm³/mol. The standard InChI is InChI=1S/C10H22N2/c1-5-6-7-9(4)12-10(11)8(2)3/h8-9H,5-7H2,1-4H3,(H2,11,12). The molecule has 0 aliphatic heterocycles. The summed E-state index contributed by atoms with van der Waals surface area (Å²) < 4.78 is 0. The Kier molecular flexibility index (Phi) is 5.77. The van der Waals surface area contributed by atoms with Crippen LogP contribution in [0.15, 0.2) is 4.99 Å². The van der Waals surface area contributed by atoms with Crippen molar-refractivity contribution in [2.24, 2.45) is 16.6 Å². The maximum Gasteiger partial charge on any atom is 0.0966 e. The number of nitrogens with two attached hydrogens (primary N) is 1. The van der Waals surface area contributed by atoms with Crippen molar-refractivity contribution in [3.05, 3.63) is 0 Å². The smallest absolute Gasteiger partial charge is 0.0966 e. The van der Waals surface area contributed by atoms with E-state index in [-0.39, 0.29) is 0 Å². The third-order valence-electron chi connectivity index (χ3n) is 1.94. The predicted octanol–water partition coefficient (Wildman–Crippen LogP) is 2.58. The molecule has 2 heteroatoms. The molecule has 0 saturated carbocycles. The highest BCUT2D eigenvalue weighted by Gasteiger charge is 2.02. The zero-order valence-electron chi connectivity index (χ0n) is 8.80. The van der Waals surface area contributed by atoms with Gasteiger partial charge in [-0.25, -0.2) is 0 Å². The summed E-state index contributed by atoms with van der Waals surface area (Å²) in [5, 5.41) is 0. The molecule has 0 heterocycles. The zero-order valence-corrected chi connectivity index (χ0v) is 8.80. The van der Waals surface area contributed by atoms with Crippen LogP contribution in [0.4, 0.5) is 0 Å². The van der Waals surface area contributed by atoms with Gasteiger partial charge in [0.15, 0.2) is 0 Å². The van der Waals surface area contributed by atoms with Crippen molar-refractivity contribution < 1.29 is 0 Å². The topological polar surface area (TPSA) is 38.4 Å². The quantitative estimate of drug-likeness (QED) is 0.500. The van der Waals surface area contributed by atoms with Crippen LogP contribution in [0.25, 0.3) is 0 Å². The Morgan fingerprint density at radius 1 is 1.33 bits per heavy atom. The van der Waals surface area contributed by atoms with E-state index in [9.17, 15) is 0 Å². The molecule has 1 atom stereocenters. The molecule has 0 aromatic heterocycles. The molecule has 0 bridgehead atoms. The van der Waals surface area contributed by atoms with Crippen LogP contribution in [0.3, 0.4) is 0 Å². The fraction of sp³-hybridized carbons (Fsp3) is 0.900. The maximum atomic E-state index is 5.74. The van der Waals surface area contributed by atoms with Crippen molar-refractivity contribution >= 4 is 5.84 Å². The number of unbranched alkanes of at least 4 members (excludes halogenated alkanes) is 1. The number of aliphatic imine (C=N–C) groups is 1. The van der Waals surface area contributed by atoms with Gasteiger partial charge in [0.25, 0.3) is 0 Å². The van der Waals surface area contributed by atoms with E-state index < -0.39 is 0 Å². The Labute approximate surface area is 76.3 Å². The molecule has 0 saturated heterocycles. The first-order valence-electron chi connectivity index (χ1n) is 4.91. The summed E-state index contributed by atoms with van der Waals surface area (Å²) in [7, 11) is 0. The van der Waals surface area contributed by atoms with Crippen molar-refractivity contribution in [3.8, 4) is 0 Å². The summed E-state index contributed by atoms with van der Waals surface area (Å²) in [6, 6.07) is 0.396. The van der Waals surface area contributed by atoms with Gasteiger partial charge in [-0.05, 0) is 13.3 Å². The van der Waals surface area contributed by atoms with Gasteiger partial charge in [0, 0.05) is 12.0 Å². The molecule has 0 aromatic carbocycles. The molecule has 0 fully saturated rings. The van der Waals surface area contributed by atoms with Crippen LogP contribution in [0.5, 0.6) is 0 Å². The number of hydrogen-bond acceptors (Lipinski definition) is 1. The average Bonchev–Trinajstić information content (AvgIpc) is 2.00. The molecular formula is C10H22N2. The summed E-state index contributed by atoms with van der Waals surface area (Å²) in [5.41, 5.74) is 5.74. The van der Waals surface area contributed by atoms with E-state index in [1.165, 1.54) is 12.8 Å². The Morgan fingerprint density at radius 3 is 2.33 bits per heavy atom. The number of nitrogens with zero attached hydrogens (tertiary/aromatic N) is 1. The molecular weight excluding hydrogens is 148 g/mol. The minimum Gasteiger partial charge on any atom is -0.387 e. The maximum absolute atomic E-state index is 5.74. The van der Waals surface area contributed by atoms with Crippen molar-refractivity contribution in [1.29, 1.82) is 0 Å². The molecule has 0 aliphatic rings. The van der Waals surface area contributed by atoms with E-state index in [1.54, 1.807) is 0 Å². The lowest BCUT2D eigenvalue weighted by molar-refractivity contribution is 0.612. The normalized spacial score (nSPS) is 15.2. The number of hydrogen-bond donors (Lipinski definition) is 1. The van der Waals surface area contributed by atoms with Crippen LogP contribution >= 0.6 is 0 Å². The second kappa shape index (κ2) is 6.04. The van der Waals surface area contributed by atoms with Crippen molar-refractivity contribution in [3.63, 3.8) is 0 Å². The van der Waals surface area contributed by atoms with E-state index in [1.807, 2.05) is 0 Å². The second-order valence-corrected chi connectivity index (χ2v) is 3.70. The lowest BCUT2D eigenvalue weighted by Gasteiger charge is -2.09. The van der Waals surface area contributed by atoms with Crippen LogP contribution in [-0.2, 0) is 0 Å². The van der Waals surface area contributed by atoms with Crippen LogP contribution in [0.1, 0.15) is 47.0 Å². The molecule has 72 valence electrons. The molecule has 0 rings (SSSR count). The summed E-state index contributed by atoms with van der Waals surface area (Å²) in [6.07, 6.45) is 3.64. The highest BCUT2D eigenvalue weighted by Crippen LogP contribution is 2.04. The fourth-order valence-corrected chi connectivity index (χ4v) is 0.968. The van der Waals surface area contributed by atoms with Crippen LogP contribution in [0, 0.1) is 5.92 Å². The van der Waals surface area contributed by atoms with Crippen molar-refractivity contribution in [2.75, 3.05) is 0 Å². The summed E-state index contributed by atoms with van der Waals surface area (Å²) >= 11 is 0. The van der Waals surface area contributed by atoms with Gasteiger partial charge in [-0.2, -0.15) is 0 Å². The van der Waals surface area contributed by atoms with Gasteiger partial charge in [0.2, 0.25) is 0 Å². The lowest BCUT2D eigenvalue weighted by Crippen LogP contribution is -2.21. The first kappa shape index (κ1) is 11.5. The molecule has 1 unspecified atom stereocenters. The summed E-state index contributed by atoms with van der Waals surface area (Å²) in [6.45, 7) is 8.48. The third kappa shape index (κ3) is 5.16. The van der Waals surface area contributed by atoms with Crippen molar-refractivity contribution in [1.82, 2.24) is 0 Å². The van der Waals surface area contributed by atoms with Gasteiger partial charge in [-0.15, -0.1) is 0 Å². The summed E-state index contributed by atoms with van der Waals surface area (Å²) in [5.74, 6) is 1.17. The van der Waals surface area contributed by atoms with Gasteiger partial charge in [0.1, 0.15) is 0 Å². The van der Waals surface area contributed by atoms with Gasteiger partial charge >= 0.3 is 0 Å². The zero-order chi connectivity index (χ0) is 9.56. The van der Waals surface area contributed by atoms with Gasteiger partial charge < -0.3 is 5.73 Å². The first-order valence-corrected chi connectivity index (χ1v) is 4.91. The highest BCUT2D eigenvalue weighted by molar-refractivity contribution is 5.82. The summed E-state index contributed by atoms with van der Waals surface area (Å²) in [4.78, 5) is 4.41. The molecule has 0 aromatic rings. The van der Waals surface area contributed by atoms with Crippen molar-refractivity contribution in [2.45, 2.75) is 53.0 Å². The fourth-order valence-electron chi connectivity index (χ4n) is 0.968. The van der Waals surface area contributed by atoms with E-state index >= 15 is 0 Å². The monoisotopic (exact) mass is 170 g/mol. The van der Waals surface area contributed by atoms with Crippen LogP contribution < -0.4 is 5.73 Å². The van der Waals surface area contributed by atoms with Gasteiger partial charge in [-0.1, -0.05) is 33.6 Å². The SMILES string of the molecule is CCCCC(C)N=C(N)C(C)C. The number of amidine groups is 1. The molecule has 0 aliphatic carbocycles. The lowest BCUT2D eigenvalue weighted by atomic mass is 10.1. The molecule has 12 heavy (non-hydrogen) atoms.